The van der Waals surface area contributed by atoms with Crippen LogP contribution in [0.15, 0.2) is 0 Å². The van der Waals surface area contributed by atoms with Crippen molar-refractivity contribution in [3.05, 3.63) is 0 Å². The molecule has 0 amide bonds. The average molecular weight is 488 g/mol. The maximum atomic E-state index is 11.9. The lowest BCUT2D eigenvalue weighted by molar-refractivity contribution is -0.149. The topological polar surface area (TPSA) is 120 Å². The highest BCUT2D eigenvalue weighted by molar-refractivity contribution is 7.90. The fourth-order valence-corrected chi connectivity index (χ4v) is 6.10. The predicted octanol–water partition coefficient (Wildman–Crippen LogP) is 2.71. The van der Waals surface area contributed by atoms with Crippen LogP contribution in [0.4, 0.5) is 0 Å². The number of aliphatic hydroxyl groups excluding tert-OH is 1. The molecule has 0 aromatic heterocycles. The SMILES string of the molecule is CCC(C)C(=O)OCCO.CCO[Si](CCCNS(=O)(=O)C(C)CC)(OCC)OCC. The number of ether oxygens (including phenoxy) is 1. The molecule has 0 fully saturated rings. The van der Waals surface area contributed by atoms with Crippen LogP contribution in [0.2, 0.25) is 6.04 Å². The van der Waals surface area contributed by atoms with E-state index in [9.17, 15) is 13.2 Å². The van der Waals surface area contributed by atoms with Gasteiger partial charge in [0.05, 0.1) is 17.8 Å². The van der Waals surface area contributed by atoms with Crippen LogP contribution in [-0.2, 0) is 32.8 Å². The van der Waals surface area contributed by atoms with Crippen LogP contribution in [0.25, 0.3) is 0 Å². The first-order valence-corrected chi connectivity index (χ1v) is 14.7. The molecular formula is C20H45NO8SSi. The minimum atomic E-state index is -3.22. The van der Waals surface area contributed by atoms with Gasteiger partial charge in [-0.3, -0.25) is 4.79 Å². The number of sulfonamides is 1. The van der Waals surface area contributed by atoms with Crippen LogP contribution in [0, 0.1) is 5.92 Å². The van der Waals surface area contributed by atoms with Gasteiger partial charge in [-0.15, -0.1) is 0 Å². The molecule has 0 aliphatic heterocycles. The molecule has 0 aliphatic rings. The number of nitrogens with one attached hydrogen (secondary N) is 1. The normalized spacial score (nSPS) is 13.8. The highest BCUT2D eigenvalue weighted by Gasteiger charge is 2.39. The molecule has 0 bridgehead atoms. The van der Waals surface area contributed by atoms with Gasteiger partial charge in [0.2, 0.25) is 10.0 Å². The summed E-state index contributed by atoms with van der Waals surface area (Å²) in [6, 6.07) is 0.617. The van der Waals surface area contributed by atoms with Crippen LogP contribution < -0.4 is 4.72 Å². The summed E-state index contributed by atoms with van der Waals surface area (Å²) in [6.45, 7) is 15.0. The number of carbonyl (C=O) groups excluding carboxylic acids is 1. The Hall–Kier alpha value is -0.563. The van der Waals surface area contributed by atoms with Crippen molar-refractivity contribution < 1.29 is 36.3 Å². The zero-order valence-corrected chi connectivity index (χ0v) is 22.3. The lowest BCUT2D eigenvalue weighted by atomic mass is 10.1. The first-order valence-electron chi connectivity index (χ1n) is 11.3. The summed E-state index contributed by atoms with van der Waals surface area (Å²) in [6.07, 6.45) is 2.02. The summed E-state index contributed by atoms with van der Waals surface area (Å²) in [4.78, 5) is 10.8. The van der Waals surface area contributed by atoms with Crippen LogP contribution in [0.3, 0.4) is 0 Å². The molecule has 188 valence electrons. The molecule has 2 atom stereocenters. The van der Waals surface area contributed by atoms with Gasteiger partial charge in [-0.25, -0.2) is 13.1 Å². The number of carbonyl (C=O) groups is 1. The van der Waals surface area contributed by atoms with E-state index in [1.54, 1.807) is 13.8 Å². The molecule has 0 aliphatic carbocycles. The first-order chi connectivity index (χ1) is 14.6. The van der Waals surface area contributed by atoms with Crippen molar-refractivity contribution in [2.24, 2.45) is 5.92 Å². The van der Waals surface area contributed by atoms with Crippen LogP contribution in [0.1, 0.15) is 67.7 Å². The van der Waals surface area contributed by atoms with Gasteiger partial charge in [0.1, 0.15) is 6.61 Å². The van der Waals surface area contributed by atoms with Gasteiger partial charge >= 0.3 is 14.8 Å². The minimum absolute atomic E-state index is 0.0495. The maximum Gasteiger partial charge on any atom is 0.500 e. The van der Waals surface area contributed by atoms with E-state index >= 15 is 0 Å². The van der Waals surface area contributed by atoms with E-state index in [2.05, 4.69) is 9.46 Å². The lowest BCUT2D eigenvalue weighted by Crippen LogP contribution is -2.46. The number of aliphatic hydroxyl groups is 1. The van der Waals surface area contributed by atoms with Gasteiger partial charge in [0.15, 0.2) is 0 Å². The van der Waals surface area contributed by atoms with Crippen molar-refractivity contribution in [1.82, 2.24) is 4.72 Å². The molecule has 0 heterocycles. The van der Waals surface area contributed by atoms with E-state index in [1.165, 1.54) is 0 Å². The summed E-state index contributed by atoms with van der Waals surface area (Å²) in [5, 5.41) is 7.92. The average Bonchev–Trinajstić information content (AvgIpc) is 2.74. The Balaban J connectivity index is 0. The van der Waals surface area contributed by atoms with E-state index in [4.69, 9.17) is 18.4 Å². The third kappa shape index (κ3) is 15.0. The summed E-state index contributed by atoms with van der Waals surface area (Å²) in [5.41, 5.74) is 0. The smallest absolute Gasteiger partial charge is 0.463 e. The van der Waals surface area contributed by atoms with E-state index < -0.39 is 18.8 Å². The van der Waals surface area contributed by atoms with Crippen molar-refractivity contribution in [2.75, 3.05) is 39.6 Å². The van der Waals surface area contributed by atoms with Crippen LogP contribution >= 0.6 is 0 Å². The van der Waals surface area contributed by atoms with Gasteiger partial charge in [-0.2, -0.15) is 0 Å². The summed E-state index contributed by atoms with van der Waals surface area (Å²) >= 11 is 0. The number of esters is 1. The number of hydrogen-bond acceptors (Lipinski definition) is 8. The fourth-order valence-electron chi connectivity index (χ4n) is 2.34. The van der Waals surface area contributed by atoms with Crippen molar-refractivity contribution in [3.8, 4) is 0 Å². The summed E-state index contributed by atoms with van der Waals surface area (Å²) in [5.74, 6) is -0.275. The van der Waals surface area contributed by atoms with E-state index in [1.807, 2.05) is 34.6 Å². The molecule has 0 aromatic carbocycles. The molecule has 0 rings (SSSR count). The second-order valence-corrected chi connectivity index (χ2v) is 11.9. The number of hydrogen-bond donors (Lipinski definition) is 2. The Bertz CT molecular complexity index is 530. The Kier molecular flexibility index (Phi) is 19.9. The molecule has 31 heavy (non-hydrogen) atoms. The quantitative estimate of drug-likeness (QED) is 0.182. The standard InChI is InChI=1S/C13H31NO5SSi.C7H14O3/c1-6-13(5)20(15,16)14-11-10-12-21(17-7-2,18-8-3)19-9-4;1-3-6(2)7(9)10-5-4-8/h13-14H,6-12H2,1-5H3;6,8H,3-5H2,1-2H3. The van der Waals surface area contributed by atoms with Gasteiger partial charge < -0.3 is 23.1 Å². The lowest BCUT2D eigenvalue weighted by Gasteiger charge is -2.28. The van der Waals surface area contributed by atoms with Crippen molar-refractivity contribution >= 4 is 24.8 Å². The molecule has 2 unspecified atom stereocenters. The van der Waals surface area contributed by atoms with Crippen LogP contribution in [0.5, 0.6) is 0 Å². The minimum Gasteiger partial charge on any atom is -0.463 e. The monoisotopic (exact) mass is 487 g/mol. The Labute approximate surface area is 190 Å². The second-order valence-electron chi connectivity index (χ2n) is 6.94. The first kappa shape index (κ1) is 32.6. The molecule has 0 radical (unpaired) electrons. The molecule has 2 N–H and O–H groups in total. The zero-order chi connectivity index (χ0) is 24.3. The van der Waals surface area contributed by atoms with Gasteiger partial charge in [-0.05, 0) is 47.0 Å². The van der Waals surface area contributed by atoms with Gasteiger partial charge in [0.25, 0.3) is 0 Å². The summed E-state index contributed by atoms with van der Waals surface area (Å²) in [7, 11) is -5.88. The molecule has 0 spiro atoms. The predicted molar refractivity (Wildman–Crippen MR) is 124 cm³/mol. The van der Waals surface area contributed by atoms with Gasteiger partial charge in [-0.1, -0.05) is 20.8 Å². The highest BCUT2D eigenvalue weighted by atomic mass is 32.2. The third-order valence-corrected chi connectivity index (χ3v) is 9.66. The fraction of sp³-hybridized carbons (Fsp3) is 0.950. The Morgan fingerprint density at radius 1 is 0.968 bits per heavy atom. The van der Waals surface area contributed by atoms with Gasteiger partial charge in [0, 0.05) is 32.4 Å². The van der Waals surface area contributed by atoms with E-state index in [-0.39, 0.29) is 30.4 Å². The van der Waals surface area contributed by atoms with Crippen molar-refractivity contribution in [3.63, 3.8) is 0 Å². The van der Waals surface area contributed by atoms with Crippen molar-refractivity contribution in [1.29, 1.82) is 0 Å². The number of rotatable bonds is 17. The summed E-state index contributed by atoms with van der Waals surface area (Å²) < 4.78 is 48.2. The maximum absolute atomic E-state index is 11.9. The zero-order valence-electron chi connectivity index (χ0n) is 20.4. The second kappa shape index (κ2) is 19.0. The Morgan fingerprint density at radius 2 is 1.48 bits per heavy atom. The molecular weight excluding hydrogens is 442 g/mol. The molecule has 0 saturated carbocycles. The Morgan fingerprint density at radius 3 is 1.87 bits per heavy atom. The molecule has 11 heteroatoms. The largest absolute Gasteiger partial charge is 0.500 e. The third-order valence-electron chi connectivity index (χ3n) is 4.51. The molecule has 0 saturated heterocycles. The van der Waals surface area contributed by atoms with Crippen LogP contribution in [-0.4, -0.2) is 73.1 Å². The van der Waals surface area contributed by atoms with Crippen molar-refractivity contribution in [2.45, 2.75) is 79.0 Å². The molecule has 0 aromatic rings. The molecule has 9 nitrogen and oxygen atoms in total. The van der Waals surface area contributed by atoms with E-state index in [0.29, 0.717) is 45.3 Å². The van der Waals surface area contributed by atoms with E-state index in [0.717, 1.165) is 6.42 Å². The highest BCUT2D eigenvalue weighted by Crippen LogP contribution is 2.18.